The van der Waals surface area contributed by atoms with Gasteiger partial charge in [0.25, 0.3) is 0 Å². The number of thiophene rings is 1. The zero-order chi connectivity index (χ0) is 16.2. The van der Waals surface area contributed by atoms with Crippen LogP contribution in [-0.4, -0.2) is 61.3 Å². The van der Waals surface area contributed by atoms with Gasteiger partial charge >= 0.3 is 6.03 Å². The Bertz CT molecular complexity index is 532. The summed E-state index contributed by atoms with van der Waals surface area (Å²) in [6, 6.07) is 2.17. The summed E-state index contributed by atoms with van der Waals surface area (Å²) < 4.78 is 5.80. The second kappa shape index (κ2) is 7.64. The lowest BCUT2D eigenvalue weighted by Crippen LogP contribution is -2.50. The third kappa shape index (κ3) is 4.46. The van der Waals surface area contributed by atoms with E-state index in [9.17, 15) is 4.79 Å². The van der Waals surface area contributed by atoms with Crippen LogP contribution in [0.5, 0.6) is 0 Å². The minimum Gasteiger partial charge on any atom is -0.374 e. The number of hydrogen-bond acceptors (Lipinski definition) is 4. The van der Waals surface area contributed by atoms with Gasteiger partial charge in [-0.2, -0.15) is 0 Å². The Morgan fingerprint density at radius 1 is 1.48 bits per heavy atom. The van der Waals surface area contributed by atoms with Crippen molar-refractivity contribution in [2.24, 2.45) is 5.92 Å². The van der Waals surface area contributed by atoms with E-state index in [1.165, 1.54) is 10.4 Å². The number of ether oxygens (including phenoxy) is 1. The van der Waals surface area contributed by atoms with Crippen molar-refractivity contribution >= 4 is 17.4 Å². The van der Waals surface area contributed by atoms with Crippen LogP contribution >= 0.6 is 11.3 Å². The van der Waals surface area contributed by atoms with Crippen LogP contribution in [0.2, 0.25) is 0 Å². The number of morpholine rings is 1. The highest BCUT2D eigenvalue weighted by molar-refractivity contribution is 7.10. The summed E-state index contributed by atoms with van der Waals surface area (Å²) in [5, 5.41) is 5.17. The Morgan fingerprint density at radius 3 is 3.17 bits per heavy atom. The monoisotopic (exact) mass is 337 g/mol. The van der Waals surface area contributed by atoms with Crippen LogP contribution in [0.4, 0.5) is 4.79 Å². The van der Waals surface area contributed by atoms with Crippen molar-refractivity contribution in [3.05, 3.63) is 21.9 Å². The highest BCUT2D eigenvalue weighted by atomic mass is 32.1. The molecule has 1 saturated heterocycles. The predicted molar refractivity (Wildman–Crippen MR) is 92.8 cm³/mol. The van der Waals surface area contributed by atoms with E-state index in [1.54, 1.807) is 11.3 Å². The molecular formula is C17H27N3O2S. The first-order chi connectivity index (χ1) is 11.1. The van der Waals surface area contributed by atoms with Gasteiger partial charge in [0.1, 0.15) is 0 Å². The average molecular weight is 337 g/mol. The summed E-state index contributed by atoms with van der Waals surface area (Å²) >= 11 is 1.80. The molecule has 3 heterocycles. The number of carbonyl (C=O) groups is 1. The van der Waals surface area contributed by atoms with E-state index in [4.69, 9.17) is 4.74 Å². The SMILES string of the molecule is CC(C)CN1CCO[C@@H](CNC(=O)N2CCc3sccc3C2)C1. The summed E-state index contributed by atoms with van der Waals surface area (Å²) in [7, 11) is 0. The fraction of sp³-hybridized carbons (Fsp3) is 0.706. The van der Waals surface area contributed by atoms with Crippen LogP contribution in [0, 0.1) is 5.92 Å². The quantitative estimate of drug-likeness (QED) is 0.916. The first kappa shape index (κ1) is 16.7. The summed E-state index contributed by atoms with van der Waals surface area (Å²) in [5.74, 6) is 0.663. The molecule has 2 amide bonds. The van der Waals surface area contributed by atoms with Gasteiger partial charge in [0.2, 0.25) is 0 Å². The third-order valence-corrected chi connectivity index (χ3v) is 5.45. The van der Waals surface area contributed by atoms with E-state index in [1.807, 2.05) is 4.90 Å². The van der Waals surface area contributed by atoms with Crippen molar-refractivity contribution in [1.29, 1.82) is 0 Å². The molecular weight excluding hydrogens is 310 g/mol. The van der Waals surface area contributed by atoms with Crippen LogP contribution in [0.1, 0.15) is 24.3 Å². The number of hydrogen-bond donors (Lipinski definition) is 1. The predicted octanol–water partition coefficient (Wildman–Crippen LogP) is 2.17. The van der Waals surface area contributed by atoms with Crippen LogP contribution in [-0.2, 0) is 17.7 Å². The molecule has 2 aliphatic rings. The van der Waals surface area contributed by atoms with Gasteiger partial charge < -0.3 is 15.0 Å². The number of carbonyl (C=O) groups excluding carboxylic acids is 1. The smallest absolute Gasteiger partial charge is 0.317 e. The van der Waals surface area contributed by atoms with Gasteiger partial charge in [-0.25, -0.2) is 4.79 Å². The average Bonchev–Trinajstić information content (AvgIpc) is 3.00. The molecule has 0 bridgehead atoms. The first-order valence-corrected chi connectivity index (χ1v) is 9.41. The minimum absolute atomic E-state index is 0.0337. The Labute approximate surface area is 142 Å². The summed E-state index contributed by atoms with van der Waals surface area (Å²) in [6.45, 7) is 10.4. The number of nitrogens with one attached hydrogen (secondary N) is 1. The lowest BCUT2D eigenvalue weighted by atomic mass is 10.1. The second-order valence-corrected chi connectivity index (χ2v) is 7.87. The molecule has 0 radical (unpaired) electrons. The Hall–Kier alpha value is -1.11. The maximum atomic E-state index is 12.4. The van der Waals surface area contributed by atoms with Gasteiger partial charge in [0.05, 0.1) is 12.7 Å². The molecule has 0 aliphatic carbocycles. The van der Waals surface area contributed by atoms with Crippen molar-refractivity contribution in [3.63, 3.8) is 0 Å². The fourth-order valence-electron chi connectivity index (χ4n) is 3.32. The Kier molecular flexibility index (Phi) is 5.56. The Balaban J connectivity index is 1.44. The van der Waals surface area contributed by atoms with Crippen molar-refractivity contribution in [2.45, 2.75) is 32.9 Å². The lowest BCUT2D eigenvalue weighted by Gasteiger charge is -2.34. The van der Waals surface area contributed by atoms with Crippen molar-refractivity contribution in [1.82, 2.24) is 15.1 Å². The molecule has 3 rings (SSSR count). The largest absolute Gasteiger partial charge is 0.374 e. The first-order valence-electron chi connectivity index (χ1n) is 8.54. The lowest BCUT2D eigenvalue weighted by molar-refractivity contribution is -0.0294. The highest BCUT2D eigenvalue weighted by Gasteiger charge is 2.24. The molecule has 1 aromatic heterocycles. The van der Waals surface area contributed by atoms with Crippen LogP contribution < -0.4 is 5.32 Å². The molecule has 1 fully saturated rings. The van der Waals surface area contributed by atoms with E-state index in [0.29, 0.717) is 12.5 Å². The zero-order valence-corrected chi connectivity index (χ0v) is 14.9. The Morgan fingerprint density at radius 2 is 2.35 bits per heavy atom. The number of nitrogens with zero attached hydrogens (tertiary/aromatic N) is 2. The molecule has 0 aromatic carbocycles. The molecule has 1 atom stereocenters. The standard InChI is InChI=1S/C17H27N3O2S/c1-13(2)10-19-6-7-22-15(12-19)9-18-17(21)20-5-3-16-14(11-20)4-8-23-16/h4,8,13,15H,3,5-7,9-12H2,1-2H3,(H,18,21)/t15-/m0/s1. The van der Waals surface area contributed by atoms with Gasteiger partial charge in [-0.1, -0.05) is 13.8 Å². The molecule has 128 valence electrons. The van der Waals surface area contributed by atoms with Gasteiger partial charge in [-0.05, 0) is 29.3 Å². The molecule has 23 heavy (non-hydrogen) atoms. The summed E-state index contributed by atoms with van der Waals surface area (Å²) in [5.41, 5.74) is 1.30. The van der Waals surface area contributed by atoms with Crippen LogP contribution in [0.15, 0.2) is 11.4 Å². The highest BCUT2D eigenvalue weighted by Crippen LogP contribution is 2.23. The minimum atomic E-state index is 0.0337. The maximum Gasteiger partial charge on any atom is 0.317 e. The topological polar surface area (TPSA) is 44.8 Å². The summed E-state index contributed by atoms with van der Waals surface area (Å²) in [4.78, 5) is 18.1. The van der Waals surface area contributed by atoms with Gasteiger partial charge in [-0.15, -0.1) is 11.3 Å². The molecule has 0 spiro atoms. The van der Waals surface area contributed by atoms with E-state index in [0.717, 1.165) is 45.8 Å². The number of urea groups is 1. The second-order valence-electron chi connectivity index (χ2n) is 6.87. The molecule has 0 unspecified atom stereocenters. The number of amides is 2. The van der Waals surface area contributed by atoms with E-state index in [-0.39, 0.29) is 12.1 Å². The van der Waals surface area contributed by atoms with E-state index < -0.39 is 0 Å². The van der Waals surface area contributed by atoms with Gasteiger partial charge in [0, 0.05) is 44.1 Å². The third-order valence-electron chi connectivity index (χ3n) is 4.42. The normalized spacial score (nSPS) is 22.2. The van der Waals surface area contributed by atoms with Crippen molar-refractivity contribution in [3.8, 4) is 0 Å². The van der Waals surface area contributed by atoms with Crippen molar-refractivity contribution < 1.29 is 9.53 Å². The van der Waals surface area contributed by atoms with E-state index >= 15 is 0 Å². The van der Waals surface area contributed by atoms with Crippen molar-refractivity contribution in [2.75, 3.05) is 39.3 Å². The van der Waals surface area contributed by atoms with Gasteiger partial charge in [0.15, 0.2) is 0 Å². The number of fused-ring (bicyclic) bond motifs is 1. The molecule has 6 heteroatoms. The van der Waals surface area contributed by atoms with Crippen LogP contribution in [0.3, 0.4) is 0 Å². The van der Waals surface area contributed by atoms with Crippen LogP contribution in [0.25, 0.3) is 0 Å². The fourth-order valence-corrected chi connectivity index (χ4v) is 4.21. The maximum absolute atomic E-state index is 12.4. The molecule has 5 nitrogen and oxygen atoms in total. The molecule has 0 saturated carbocycles. The van der Waals surface area contributed by atoms with E-state index in [2.05, 4.69) is 35.5 Å². The molecule has 1 aromatic rings. The van der Waals surface area contributed by atoms with Gasteiger partial charge in [-0.3, -0.25) is 4.90 Å². The number of rotatable bonds is 4. The summed E-state index contributed by atoms with van der Waals surface area (Å²) in [6.07, 6.45) is 1.08. The molecule has 1 N–H and O–H groups in total. The zero-order valence-electron chi connectivity index (χ0n) is 14.1. The molecule has 2 aliphatic heterocycles.